The van der Waals surface area contributed by atoms with Crippen LogP contribution in [0.4, 0.5) is 0 Å². The van der Waals surface area contributed by atoms with Crippen LogP contribution in [0.2, 0.25) is 0 Å². The molecule has 0 unspecified atom stereocenters. The molecule has 2 heterocycles. The zero-order valence-electron chi connectivity index (χ0n) is 18.6. The molecule has 4 aromatic rings. The predicted molar refractivity (Wildman–Crippen MR) is 121 cm³/mol. The summed E-state index contributed by atoms with van der Waals surface area (Å²) < 4.78 is 17.0. The van der Waals surface area contributed by atoms with Crippen LogP contribution in [0.3, 0.4) is 0 Å². The van der Waals surface area contributed by atoms with E-state index >= 15 is 0 Å². The zero-order valence-corrected chi connectivity index (χ0v) is 18.6. The number of phenolic OH excluding ortho intramolecular Hbond substituents is 1. The highest BCUT2D eigenvalue weighted by Gasteiger charge is 2.14. The maximum atomic E-state index is 10.6. The standard InChI is InChI=1S/C23H26N6O4/c1-3-5-13-31-21-24-22(32-14-6-4-2)26-23(25-21)33-16-11-12-19(20(30)15-16)29-27-17-9-7-8-10-18(17)28-29/h7-12,15,30H,3-6,13-14H2,1-2H3. The topological polar surface area (TPSA) is 117 Å². The Morgan fingerprint density at radius 1 is 0.788 bits per heavy atom. The van der Waals surface area contributed by atoms with Gasteiger partial charge in [-0.15, -0.1) is 29.9 Å². The molecule has 172 valence electrons. The first-order valence-electron chi connectivity index (χ1n) is 11.0. The van der Waals surface area contributed by atoms with Crippen LogP contribution in [-0.2, 0) is 0 Å². The van der Waals surface area contributed by atoms with E-state index in [1.165, 1.54) is 10.9 Å². The summed E-state index contributed by atoms with van der Waals surface area (Å²) in [5, 5.41) is 19.3. The van der Waals surface area contributed by atoms with Gasteiger partial charge in [0.05, 0.1) is 13.2 Å². The fourth-order valence-electron chi connectivity index (χ4n) is 2.92. The van der Waals surface area contributed by atoms with Crippen LogP contribution in [0.25, 0.3) is 16.7 Å². The Kier molecular flexibility index (Phi) is 7.13. The Labute approximate surface area is 191 Å². The van der Waals surface area contributed by atoms with Crippen LogP contribution in [0.15, 0.2) is 42.5 Å². The highest BCUT2D eigenvalue weighted by Crippen LogP contribution is 2.29. The Hall–Kier alpha value is -3.95. The summed E-state index contributed by atoms with van der Waals surface area (Å²) in [6.07, 6.45) is 3.72. The van der Waals surface area contributed by atoms with Crippen LogP contribution in [-0.4, -0.2) is 48.3 Å². The summed E-state index contributed by atoms with van der Waals surface area (Å²) in [5.74, 6) is 0.277. The van der Waals surface area contributed by atoms with Crippen molar-refractivity contribution in [3.8, 4) is 35.2 Å². The smallest absolute Gasteiger partial charge is 0.331 e. The fourth-order valence-corrected chi connectivity index (χ4v) is 2.92. The van der Waals surface area contributed by atoms with Gasteiger partial charge in [-0.05, 0) is 37.1 Å². The van der Waals surface area contributed by atoms with Gasteiger partial charge in [-0.2, -0.15) is 0 Å². The number of unbranched alkanes of at least 4 members (excludes halogenated alkanes) is 2. The minimum Gasteiger partial charge on any atom is -0.505 e. The quantitative estimate of drug-likeness (QED) is 0.330. The van der Waals surface area contributed by atoms with E-state index in [9.17, 15) is 5.11 Å². The normalized spacial score (nSPS) is 11.0. The van der Waals surface area contributed by atoms with E-state index < -0.39 is 0 Å². The molecule has 0 aliphatic heterocycles. The monoisotopic (exact) mass is 450 g/mol. The first kappa shape index (κ1) is 22.3. The summed E-state index contributed by atoms with van der Waals surface area (Å²) >= 11 is 0. The molecule has 0 saturated carbocycles. The van der Waals surface area contributed by atoms with Gasteiger partial charge in [0.1, 0.15) is 28.2 Å². The molecule has 0 saturated heterocycles. The molecule has 0 spiro atoms. The third kappa shape index (κ3) is 5.65. The minimum atomic E-state index is -0.0549. The molecule has 1 N–H and O–H groups in total. The van der Waals surface area contributed by atoms with Crippen molar-refractivity contribution in [3.05, 3.63) is 42.5 Å². The Morgan fingerprint density at radius 2 is 1.36 bits per heavy atom. The first-order valence-corrected chi connectivity index (χ1v) is 11.0. The number of rotatable bonds is 11. The number of benzene rings is 2. The van der Waals surface area contributed by atoms with Crippen molar-refractivity contribution in [2.24, 2.45) is 0 Å². The average Bonchev–Trinajstić information content (AvgIpc) is 3.23. The molecule has 4 rings (SSSR count). The van der Waals surface area contributed by atoms with Crippen molar-refractivity contribution in [3.63, 3.8) is 0 Å². The van der Waals surface area contributed by atoms with Crippen molar-refractivity contribution in [1.82, 2.24) is 29.9 Å². The van der Waals surface area contributed by atoms with Crippen LogP contribution in [0.1, 0.15) is 39.5 Å². The molecule has 0 radical (unpaired) electrons. The number of ether oxygens (including phenoxy) is 3. The van der Waals surface area contributed by atoms with Crippen LogP contribution >= 0.6 is 0 Å². The average molecular weight is 450 g/mol. The summed E-state index contributed by atoms with van der Waals surface area (Å²) in [5.41, 5.74) is 1.88. The van der Waals surface area contributed by atoms with Gasteiger partial charge in [0, 0.05) is 6.07 Å². The number of hydrogen-bond donors (Lipinski definition) is 1. The van der Waals surface area contributed by atoms with Gasteiger partial charge in [-0.1, -0.05) is 38.8 Å². The van der Waals surface area contributed by atoms with E-state index in [1.807, 2.05) is 24.3 Å². The lowest BCUT2D eigenvalue weighted by Gasteiger charge is -2.10. The molecule has 0 atom stereocenters. The number of fused-ring (bicyclic) bond motifs is 1. The highest BCUT2D eigenvalue weighted by atomic mass is 16.5. The number of phenols is 1. The second-order valence-electron chi connectivity index (χ2n) is 7.32. The van der Waals surface area contributed by atoms with Gasteiger partial charge < -0.3 is 19.3 Å². The van der Waals surface area contributed by atoms with Crippen molar-refractivity contribution in [1.29, 1.82) is 0 Å². The molecule has 2 aromatic carbocycles. The summed E-state index contributed by atoms with van der Waals surface area (Å²) in [6, 6.07) is 12.5. The molecular weight excluding hydrogens is 424 g/mol. The van der Waals surface area contributed by atoms with Gasteiger partial charge in [-0.3, -0.25) is 0 Å². The molecule has 0 bridgehead atoms. The molecule has 0 aliphatic rings. The number of hydrogen-bond acceptors (Lipinski definition) is 9. The predicted octanol–water partition coefficient (Wildman–Crippen LogP) is 4.46. The van der Waals surface area contributed by atoms with Gasteiger partial charge in [0.2, 0.25) is 0 Å². The number of aromatic nitrogens is 6. The van der Waals surface area contributed by atoms with Crippen LogP contribution in [0.5, 0.6) is 29.5 Å². The van der Waals surface area contributed by atoms with E-state index in [4.69, 9.17) is 14.2 Å². The molecule has 0 fully saturated rings. The Bertz CT molecular complexity index is 1150. The lowest BCUT2D eigenvalue weighted by Crippen LogP contribution is -2.07. The Balaban J connectivity index is 1.54. The summed E-state index contributed by atoms with van der Waals surface area (Å²) in [6.45, 7) is 5.11. The van der Waals surface area contributed by atoms with Crippen molar-refractivity contribution < 1.29 is 19.3 Å². The SMILES string of the molecule is CCCCOc1nc(OCCCC)nc(Oc2ccc(-n3nc4ccccc4n3)c(O)c2)n1. The molecule has 33 heavy (non-hydrogen) atoms. The van der Waals surface area contributed by atoms with E-state index in [1.54, 1.807) is 12.1 Å². The zero-order chi connectivity index (χ0) is 23.0. The third-order valence-electron chi connectivity index (χ3n) is 4.69. The van der Waals surface area contributed by atoms with Crippen molar-refractivity contribution >= 4 is 11.0 Å². The Morgan fingerprint density at radius 3 is 1.91 bits per heavy atom. The van der Waals surface area contributed by atoms with E-state index in [-0.39, 0.29) is 23.8 Å². The maximum absolute atomic E-state index is 10.6. The molecule has 0 aliphatic carbocycles. The van der Waals surface area contributed by atoms with E-state index in [0.717, 1.165) is 36.7 Å². The fraction of sp³-hybridized carbons (Fsp3) is 0.348. The lowest BCUT2D eigenvalue weighted by atomic mass is 10.3. The van der Waals surface area contributed by atoms with Crippen LogP contribution in [0, 0.1) is 0 Å². The van der Waals surface area contributed by atoms with E-state index in [2.05, 4.69) is 39.0 Å². The van der Waals surface area contributed by atoms with Crippen molar-refractivity contribution in [2.45, 2.75) is 39.5 Å². The van der Waals surface area contributed by atoms with Gasteiger partial charge in [0.25, 0.3) is 0 Å². The largest absolute Gasteiger partial charge is 0.505 e. The second-order valence-corrected chi connectivity index (χ2v) is 7.32. The molecular formula is C23H26N6O4. The first-order chi connectivity index (χ1) is 16.2. The summed E-state index contributed by atoms with van der Waals surface area (Å²) in [7, 11) is 0. The van der Waals surface area contributed by atoms with Gasteiger partial charge in [-0.25, -0.2) is 0 Å². The number of nitrogens with zero attached hydrogens (tertiary/aromatic N) is 6. The van der Waals surface area contributed by atoms with Gasteiger partial charge in [0.15, 0.2) is 0 Å². The molecule has 10 nitrogen and oxygen atoms in total. The van der Waals surface area contributed by atoms with Gasteiger partial charge >= 0.3 is 18.0 Å². The maximum Gasteiger partial charge on any atom is 0.331 e. The second kappa shape index (κ2) is 10.6. The molecule has 10 heteroatoms. The highest BCUT2D eigenvalue weighted by molar-refractivity contribution is 5.73. The molecule has 2 aromatic heterocycles. The third-order valence-corrected chi connectivity index (χ3v) is 4.69. The number of aromatic hydroxyl groups is 1. The lowest BCUT2D eigenvalue weighted by molar-refractivity contribution is 0.247. The van der Waals surface area contributed by atoms with Crippen molar-refractivity contribution in [2.75, 3.05) is 13.2 Å². The minimum absolute atomic E-state index is 0.0121. The summed E-state index contributed by atoms with van der Waals surface area (Å²) in [4.78, 5) is 14.0. The van der Waals surface area contributed by atoms with E-state index in [0.29, 0.717) is 24.7 Å². The molecule has 0 amide bonds. The van der Waals surface area contributed by atoms with Crippen LogP contribution < -0.4 is 14.2 Å².